The Bertz CT molecular complexity index is 562. The van der Waals surface area contributed by atoms with Gasteiger partial charge in [0.05, 0.1) is 18.6 Å². The van der Waals surface area contributed by atoms with Crippen molar-refractivity contribution >= 4 is 11.9 Å². The van der Waals surface area contributed by atoms with Crippen LogP contribution in [0, 0.1) is 23.4 Å². The van der Waals surface area contributed by atoms with Crippen molar-refractivity contribution in [3.05, 3.63) is 35.1 Å². The smallest absolute Gasteiger partial charge is 0.310 e. The molecule has 0 radical (unpaired) electrons. The topological polar surface area (TPSA) is 46.6 Å². The summed E-state index contributed by atoms with van der Waals surface area (Å²) in [7, 11) is 1.24. The average Bonchev–Trinajstić information content (AvgIpc) is 2.93. The van der Waals surface area contributed by atoms with Gasteiger partial charge >= 0.3 is 5.97 Å². The van der Waals surface area contributed by atoms with Gasteiger partial charge in [-0.25, -0.2) is 13.2 Å². The van der Waals surface area contributed by atoms with Crippen LogP contribution in [-0.4, -0.2) is 37.0 Å². The summed E-state index contributed by atoms with van der Waals surface area (Å²) in [5, 5.41) is 0. The van der Waals surface area contributed by atoms with Gasteiger partial charge in [-0.05, 0) is 18.6 Å². The lowest BCUT2D eigenvalue weighted by Gasteiger charge is -2.16. The van der Waals surface area contributed by atoms with Gasteiger partial charge in [0.15, 0.2) is 17.5 Å². The van der Waals surface area contributed by atoms with E-state index >= 15 is 0 Å². The largest absolute Gasteiger partial charge is 0.469 e. The molecule has 4 nitrogen and oxygen atoms in total. The van der Waals surface area contributed by atoms with Crippen molar-refractivity contribution in [2.45, 2.75) is 6.42 Å². The molecule has 1 aliphatic rings. The Morgan fingerprint density at radius 2 is 1.95 bits per heavy atom. The summed E-state index contributed by atoms with van der Waals surface area (Å²) in [6, 6.07) is 1.58. The first-order valence-corrected chi connectivity index (χ1v) is 5.96. The van der Waals surface area contributed by atoms with Crippen LogP contribution in [0.1, 0.15) is 16.8 Å². The summed E-state index contributed by atoms with van der Waals surface area (Å²) in [6.45, 7) is 0.307. The van der Waals surface area contributed by atoms with E-state index in [2.05, 4.69) is 4.74 Å². The minimum Gasteiger partial charge on any atom is -0.469 e. The Balaban J connectivity index is 2.18. The van der Waals surface area contributed by atoms with E-state index in [1.807, 2.05) is 0 Å². The lowest BCUT2D eigenvalue weighted by Crippen LogP contribution is -2.31. The molecule has 1 saturated heterocycles. The van der Waals surface area contributed by atoms with Crippen LogP contribution in [0.25, 0.3) is 0 Å². The molecule has 1 heterocycles. The molecule has 1 fully saturated rings. The predicted octanol–water partition coefficient (Wildman–Crippen LogP) is 1.74. The van der Waals surface area contributed by atoms with Gasteiger partial charge < -0.3 is 9.64 Å². The molecule has 0 bridgehead atoms. The molecule has 0 aromatic heterocycles. The van der Waals surface area contributed by atoms with Crippen LogP contribution in [0.15, 0.2) is 12.1 Å². The fourth-order valence-corrected chi connectivity index (χ4v) is 2.17. The van der Waals surface area contributed by atoms with Gasteiger partial charge in [-0.1, -0.05) is 0 Å². The molecule has 1 aliphatic heterocycles. The Labute approximate surface area is 113 Å². The maximum Gasteiger partial charge on any atom is 0.310 e. The maximum absolute atomic E-state index is 13.5. The fraction of sp³-hybridized carbons (Fsp3) is 0.385. The minimum absolute atomic E-state index is 0.0734. The highest BCUT2D eigenvalue weighted by atomic mass is 19.2. The van der Waals surface area contributed by atoms with Crippen LogP contribution in [0.2, 0.25) is 0 Å². The molecule has 0 saturated carbocycles. The molecule has 1 atom stereocenters. The molecule has 1 amide bonds. The zero-order chi connectivity index (χ0) is 14.9. The van der Waals surface area contributed by atoms with E-state index in [-0.39, 0.29) is 13.1 Å². The second-order valence-electron chi connectivity index (χ2n) is 4.48. The zero-order valence-electron chi connectivity index (χ0n) is 10.7. The molecule has 0 spiro atoms. The van der Waals surface area contributed by atoms with Crippen molar-refractivity contribution in [3.63, 3.8) is 0 Å². The quantitative estimate of drug-likeness (QED) is 0.615. The van der Waals surface area contributed by atoms with Crippen molar-refractivity contribution < 1.29 is 27.5 Å². The van der Waals surface area contributed by atoms with Crippen LogP contribution in [0.5, 0.6) is 0 Å². The molecule has 1 unspecified atom stereocenters. The number of carbonyl (C=O) groups is 2. The summed E-state index contributed by atoms with van der Waals surface area (Å²) in [4.78, 5) is 24.6. The third-order valence-electron chi connectivity index (χ3n) is 3.28. The molecule has 108 valence electrons. The molecule has 20 heavy (non-hydrogen) atoms. The summed E-state index contributed by atoms with van der Waals surface area (Å²) in [6.07, 6.45) is 0.393. The number of carbonyl (C=O) groups excluding carboxylic acids is 2. The SMILES string of the molecule is COC(=O)C1CCN(C(=O)c2ccc(F)c(F)c2F)C1. The second kappa shape index (κ2) is 5.52. The van der Waals surface area contributed by atoms with Crippen molar-refractivity contribution in [2.75, 3.05) is 20.2 Å². The first kappa shape index (κ1) is 14.4. The van der Waals surface area contributed by atoms with Crippen LogP contribution in [-0.2, 0) is 9.53 Å². The molecule has 2 rings (SSSR count). The molecule has 1 aromatic carbocycles. The number of benzene rings is 1. The number of rotatable bonds is 2. The average molecular weight is 287 g/mol. The highest BCUT2D eigenvalue weighted by Crippen LogP contribution is 2.22. The van der Waals surface area contributed by atoms with Gasteiger partial charge in [-0.15, -0.1) is 0 Å². The molecule has 1 aromatic rings. The predicted molar refractivity (Wildman–Crippen MR) is 62.3 cm³/mol. The standard InChI is InChI=1S/C13H12F3NO3/c1-20-13(19)7-4-5-17(6-7)12(18)8-2-3-9(14)11(16)10(8)15/h2-3,7H,4-6H2,1H3. The molecule has 0 N–H and O–H groups in total. The number of nitrogens with zero attached hydrogens (tertiary/aromatic N) is 1. The zero-order valence-corrected chi connectivity index (χ0v) is 10.7. The number of hydrogen-bond donors (Lipinski definition) is 0. The molecule has 0 aliphatic carbocycles. The van der Waals surface area contributed by atoms with E-state index in [0.29, 0.717) is 12.5 Å². The first-order chi connectivity index (χ1) is 9.45. The van der Waals surface area contributed by atoms with Crippen LogP contribution in [0.4, 0.5) is 13.2 Å². The van der Waals surface area contributed by atoms with Gasteiger partial charge in [0, 0.05) is 13.1 Å². The highest BCUT2D eigenvalue weighted by molar-refractivity contribution is 5.95. The van der Waals surface area contributed by atoms with Gasteiger partial charge in [0.2, 0.25) is 0 Å². The number of methoxy groups -OCH3 is 1. The summed E-state index contributed by atoms with van der Waals surface area (Å²) < 4.78 is 44.0. The minimum atomic E-state index is -1.68. The number of halogens is 3. The summed E-state index contributed by atoms with van der Waals surface area (Å²) in [5.41, 5.74) is -0.547. The molecular weight excluding hydrogens is 275 g/mol. The first-order valence-electron chi connectivity index (χ1n) is 5.96. The van der Waals surface area contributed by atoms with Crippen molar-refractivity contribution in [1.29, 1.82) is 0 Å². The van der Waals surface area contributed by atoms with Gasteiger partial charge in [-0.2, -0.15) is 0 Å². The lowest BCUT2D eigenvalue weighted by molar-refractivity contribution is -0.144. The van der Waals surface area contributed by atoms with E-state index in [1.165, 1.54) is 12.0 Å². The van der Waals surface area contributed by atoms with E-state index in [1.54, 1.807) is 0 Å². The van der Waals surface area contributed by atoms with E-state index in [4.69, 9.17) is 0 Å². The number of amides is 1. The maximum atomic E-state index is 13.5. The fourth-order valence-electron chi connectivity index (χ4n) is 2.17. The van der Waals surface area contributed by atoms with Gasteiger partial charge in [-0.3, -0.25) is 9.59 Å². The molecular formula is C13H12F3NO3. The number of esters is 1. The second-order valence-corrected chi connectivity index (χ2v) is 4.48. The van der Waals surface area contributed by atoms with Crippen LogP contribution in [0.3, 0.4) is 0 Å². The van der Waals surface area contributed by atoms with Gasteiger partial charge in [0.1, 0.15) is 0 Å². The Hall–Kier alpha value is -2.05. The molecule has 7 heteroatoms. The third kappa shape index (κ3) is 2.48. The van der Waals surface area contributed by atoms with Crippen LogP contribution < -0.4 is 0 Å². The van der Waals surface area contributed by atoms with Crippen molar-refractivity contribution in [1.82, 2.24) is 4.90 Å². The number of likely N-dealkylation sites (tertiary alicyclic amines) is 1. The number of ether oxygens (including phenoxy) is 1. The van der Waals surface area contributed by atoms with E-state index in [9.17, 15) is 22.8 Å². The normalized spacial score (nSPS) is 18.2. The van der Waals surface area contributed by atoms with Crippen LogP contribution >= 0.6 is 0 Å². The Kier molecular flexibility index (Phi) is 3.96. The summed E-state index contributed by atoms with van der Waals surface area (Å²) >= 11 is 0. The Morgan fingerprint density at radius 3 is 2.60 bits per heavy atom. The van der Waals surface area contributed by atoms with Crippen molar-refractivity contribution in [2.24, 2.45) is 5.92 Å². The van der Waals surface area contributed by atoms with E-state index < -0.39 is 40.8 Å². The lowest BCUT2D eigenvalue weighted by atomic mass is 10.1. The van der Waals surface area contributed by atoms with Gasteiger partial charge in [0.25, 0.3) is 5.91 Å². The Morgan fingerprint density at radius 1 is 1.25 bits per heavy atom. The van der Waals surface area contributed by atoms with E-state index in [0.717, 1.165) is 6.07 Å². The summed E-state index contributed by atoms with van der Waals surface area (Å²) in [5.74, 6) is -6.25. The number of hydrogen-bond acceptors (Lipinski definition) is 3. The monoisotopic (exact) mass is 287 g/mol. The van der Waals surface area contributed by atoms with Crippen molar-refractivity contribution in [3.8, 4) is 0 Å². The highest BCUT2D eigenvalue weighted by Gasteiger charge is 2.33. The third-order valence-corrected chi connectivity index (χ3v) is 3.28.